The molecule has 1 aromatic rings. The molecule has 0 aromatic heterocycles. The Hall–Kier alpha value is -1.36. The Morgan fingerprint density at radius 3 is 2.47 bits per heavy atom. The summed E-state index contributed by atoms with van der Waals surface area (Å²) in [7, 11) is 0. The molecule has 0 spiro atoms. The largest absolute Gasteiger partial charge is 0.481 e. The highest BCUT2D eigenvalue weighted by molar-refractivity contribution is 9.10. The van der Waals surface area contributed by atoms with Crippen LogP contribution in [0.5, 0.6) is 0 Å². The molecule has 104 valence electrons. The molecule has 0 saturated heterocycles. The van der Waals surface area contributed by atoms with Gasteiger partial charge in [-0.05, 0) is 46.0 Å². The first kappa shape index (κ1) is 15.7. The summed E-state index contributed by atoms with van der Waals surface area (Å²) in [5.74, 6) is -1.08. The van der Waals surface area contributed by atoms with Crippen molar-refractivity contribution < 1.29 is 14.7 Å². The predicted octanol–water partition coefficient (Wildman–Crippen LogP) is 3.59. The molecule has 4 nitrogen and oxygen atoms in total. The van der Waals surface area contributed by atoms with E-state index < -0.39 is 11.4 Å². The number of rotatable bonds is 5. The molecule has 0 fully saturated rings. The summed E-state index contributed by atoms with van der Waals surface area (Å²) in [6.07, 6.45) is 0.134. The van der Waals surface area contributed by atoms with Crippen molar-refractivity contribution in [3.8, 4) is 0 Å². The molecule has 0 heterocycles. The van der Waals surface area contributed by atoms with E-state index in [4.69, 9.17) is 5.11 Å². The Bertz CT molecular complexity index is 497. The van der Waals surface area contributed by atoms with Gasteiger partial charge in [0.15, 0.2) is 0 Å². The van der Waals surface area contributed by atoms with Crippen molar-refractivity contribution in [2.24, 2.45) is 5.41 Å². The summed E-state index contributed by atoms with van der Waals surface area (Å²) in [6, 6.07) is 5.64. The van der Waals surface area contributed by atoms with Crippen LogP contribution in [-0.2, 0) is 9.59 Å². The second-order valence-electron chi connectivity index (χ2n) is 5.44. The highest BCUT2D eigenvalue weighted by Crippen LogP contribution is 2.27. The van der Waals surface area contributed by atoms with Crippen molar-refractivity contribution >= 4 is 33.5 Å². The van der Waals surface area contributed by atoms with E-state index in [0.29, 0.717) is 5.69 Å². The zero-order valence-electron chi connectivity index (χ0n) is 11.3. The fourth-order valence-corrected chi connectivity index (χ4v) is 2.41. The van der Waals surface area contributed by atoms with Gasteiger partial charge in [-0.2, -0.15) is 0 Å². The lowest BCUT2D eigenvalue weighted by Gasteiger charge is -2.21. The number of hydrogen-bond donors (Lipinski definition) is 2. The van der Waals surface area contributed by atoms with Gasteiger partial charge in [-0.3, -0.25) is 9.59 Å². The van der Waals surface area contributed by atoms with Gasteiger partial charge in [-0.15, -0.1) is 0 Å². The minimum atomic E-state index is -0.894. The van der Waals surface area contributed by atoms with Gasteiger partial charge in [0, 0.05) is 10.9 Å². The lowest BCUT2D eigenvalue weighted by Crippen LogP contribution is -2.24. The fourth-order valence-electron chi connectivity index (χ4n) is 1.82. The van der Waals surface area contributed by atoms with Gasteiger partial charge >= 0.3 is 5.97 Å². The summed E-state index contributed by atoms with van der Waals surface area (Å²) in [5.41, 5.74) is 1.23. The van der Waals surface area contributed by atoms with Gasteiger partial charge in [0.25, 0.3) is 0 Å². The van der Waals surface area contributed by atoms with Crippen LogP contribution in [0, 0.1) is 12.3 Å². The lowest BCUT2D eigenvalue weighted by atomic mass is 9.85. The van der Waals surface area contributed by atoms with Crippen molar-refractivity contribution in [1.29, 1.82) is 0 Å². The SMILES string of the molecule is Cc1ccc(NC(=O)CC(C)(C)CC(=O)O)c(Br)c1. The average Bonchev–Trinajstić information content (AvgIpc) is 2.19. The topological polar surface area (TPSA) is 66.4 Å². The van der Waals surface area contributed by atoms with Crippen LogP contribution in [0.25, 0.3) is 0 Å². The highest BCUT2D eigenvalue weighted by Gasteiger charge is 2.25. The number of carbonyl (C=O) groups is 2. The van der Waals surface area contributed by atoms with Crippen LogP contribution in [0.1, 0.15) is 32.3 Å². The van der Waals surface area contributed by atoms with Crippen molar-refractivity contribution in [1.82, 2.24) is 0 Å². The van der Waals surface area contributed by atoms with Gasteiger partial charge in [0.05, 0.1) is 12.1 Å². The van der Waals surface area contributed by atoms with Gasteiger partial charge in [-0.1, -0.05) is 19.9 Å². The first-order valence-electron chi connectivity index (χ1n) is 5.97. The van der Waals surface area contributed by atoms with Crippen LogP contribution in [0.2, 0.25) is 0 Å². The van der Waals surface area contributed by atoms with Crippen molar-refractivity contribution in [3.05, 3.63) is 28.2 Å². The Morgan fingerprint density at radius 2 is 1.95 bits per heavy atom. The summed E-state index contributed by atoms with van der Waals surface area (Å²) < 4.78 is 0.817. The normalized spacial score (nSPS) is 11.2. The minimum Gasteiger partial charge on any atom is -0.481 e. The van der Waals surface area contributed by atoms with E-state index in [1.165, 1.54) is 0 Å². The molecule has 0 aliphatic heterocycles. The van der Waals surface area contributed by atoms with Crippen LogP contribution < -0.4 is 5.32 Å². The number of hydrogen-bond acceptors (Lipinski definition) is 2. The zero-order valence-corrected chi connectivity index (χ0v) is 12.9. The van der Waals surface area contributed by atoms with E-state index in [1.807, 2.05) is 25.1 Å². The third kappa shape index (κ3) is 5.42. The second-order valence-corrected chi connectivity index (χ2v) is 6.30. The summed E-state index contributed by atoms with van der Waals surface area (Å²) in [5, 5.41) is 11.6. The van der Waals surface area contributed by atoms with E-state index in [9.17, 15) is 9.59 Å². The molecule has 0 aliphatic rings. The smallest absolute Gasteiger partial charge is 0.303 e. The quantitative estimate of drug-likeness (QED) is 0.868. The molecule has 0 aliphatic carbocycles. The van der Waals surface area contributed by atoms with Crippen molar-refractivity contribution in [2.45, 2.75) is 33.6 Å². The maximum Gasteiger partial charge on any atom is 0.303 e. The van der Waals surface area contributed by atoms with E-state index in [-0.39, 0.29) is 18.7 Å². The van der Waals surface area contributed by atoms with Gasteiger partial charge in [0.2, 0.25) is 5.91 Å². The molecule has 1 aromatic carbocycles. The maximum absolute atomic E-state index is 11.9. The van der Waals surface area contributed by atoms with E-state index in [0.717, 1.165) is 10.0 Å². The maximum atomic E-state index is 11.9. The molecule has 5 heteroatoms. The minimum absolute atomic E-state index is 0.0323. The third-order valence-electron chi connectivity index (χ3n) is 2.67. The van der Waals surface area contributed by atoms with Crippen molar-refractivity contribution in [2.75, 3.05) is 5.32 Å². The number of anilines is 1. The first-order chi connectivity index (χ1) is 8.69. The highest BCUT2D eigenvalue weighted by atomic mass is 79.9. The van der Waals surface area contributed by atoms with Gasteiger partial charge in [-0.25, -0.2) is 0 Å². The first-order valence-corrected chi connectivity index (χ1v) is 6.77. The van der Waals surface area contributed by atoms with Crippen LogP contribution in [0.4, 0.5) is 5.69 Å². The molecule has 0 bridgehead atoms. The van der Waals surface area contributed by atoms with Crippen molar-refractivity contribution in [3.63, 3.8) is 0 Å². The van der Waals surface area contributed by atoms with Crippen LogP contribution in [0.3, 0.4) is 0 Å². The Morgan fingerprint density at radius 1 is 1.32 bits per heavy atom. The summed E-state index contributed by atoms with van der Waals surface area (Å²) >= 11 is 3.39. The standard InChI is InChI=1S/C14H18BrNO3/c1-9-4-5-11(10(15)6-9)16-12(17)7-14(2,3)8-13(18)19/h4-6H,7-8H2,1-3H3,(H,16,17)(H,18,19). The monoisotopic (exact) mass is 327 g/mol. The molecule has 0 atom stereocenters. The third-order valence-corrected chi connectivity index (χ3v) is 3.32. The molecular weight excluding hydrogens is 310 g/mol. The number of aliphatic carboxylic acids is 1. The number of benzene rings is 1. The fraction of sp³-hybridized carbons (Fsp3) is 0.429. The van der Waals surface area contributed by atoms with E-state index >= 15 is 0 Å². The molecule has 2 N–H and O–H groups in total. The summed E-state index contributed by atoms with van der Waals surface area (Å²) in [6.45, 7) is 5.50. The molecule has 0 radical (unpaired) electrons. The number of carboxylic acid groups (broad SMARTS) is 1. The van der Waals surface area contributed by atoms with Gasteiger partial charge < -0.3 is 10.4 Å². The Kier molecular flexibility index (Phi) is 5.11. The zero-order chi connectivity index (χ0) is 14.6. The number of amides is 1. The van der Waals surface area contributed by atoms with Gasteiger partial charge in [0.1, 0.15) is 0 Å². The number of carbonyl (C=O) groups excluding carboxylic acids is 1. The number of aryl methyl sites for hydroxylation is 1. The van der Waals surface area contributed by atoms with Crippen LogP contribution in [-0.4, -0.2) is 17.0 Å². The number of nitrogens with one attached hydrogen (secondary N) is 1. The van der Waals surface area contributed by atoms with E-state index in [2.05, 4.69) is 21.2 Å². The number of halogens is 1. The molecule has 19 heavy (non-hydrogen) atoms. The predicted molar refractivity (Wildman–Crippen MR) is 78.2 cm³/mol. The lowest BCUT2D eigenvalue weighted by molar-refractivity contribution is -0.139. The molecule has 1 amide bonds. The molecular formula is C14H18BrNO3. The van der Waals surface area contributed by atoms with Crippen LogP contribution in [0.15, 0.2) is 22.7 Å². The molecule has 0 saturated carbocycles. The summed E-state index contributed by atoms with van der Waals surface area (Å²) in [4.78, 5) is 22.6. The van der Waals surface area contributed by atoms with Crippen LogP contribution >= 0.6 is 15.9 Å². The molecule has 0 unspecified atom stereocenters. The Labute approximate surface area is 121 Å². The Balaban J connectivity index is 2.67. The average molecular weight is 328 g/mol. The number of carboxylic acids is 1. The molecule has 1 rings (SSSR count). The second kappa shape index (κ2) is 6.19. The van der Waals surface area contributed by atoms with E-state index in [1.54, 1.807) is 13.8 Å².